The second-order valence-corrected chi connectivity index (χ2v) is 5.33. The summed E-state index contributed by atoms with van der Waals surface area (Å²) in [6.45, 7) is 4.90. The lowest BCUT2D eigenvalue weighted by atomic mass is 10.1. The van der Waals surface area contributed by atoms with Crippen molar-refractivity contribution in [1.29, 1.82) is 0 Å². The second-order valence-electron chi connectivity index (χ2n) is 4.53. The van der Waals surface area contributed by atoms with Gasteiger partial charge in [0.15, 0.2) is 0 Å². The Morgan fingerprint density at radius 1 is 1.42 bits per heavy atom. The Kier molecular flexibility index (Phi) is 4.42. The van der Waals surface area contributed by atoms with Gasteiger partial charge in [-0.05, 0) is 29.3 Å². The smallest absolute Gasteiger partial charge is 0.0876 e. The molecule has 2 aromatic rings. The number of hydrogen-bond donors (Lipinski definition) is 1. The Balaban J connectivity index is 2.18. The van der Waals surface area contributed by atoms with E-state index in [0.29, 0.717) is 6.42 Å². The van der Waals surface area contributed by atoms with Gasteiger partial charge in [-0.3, -0.25) is 9.36 Å². The Hall–Kier alpha value is -1.14. The highest BCUT2D eigenvalue weighted by Gasteiger charge is 2.18. The summed E-state index contributed by atoms with van der Waals surface area (Å²) < 4.78 is 4.64. The molecule has 0 bridgehead atoms. The largest absolute Gasteiger partial charge is 0.388 e. The summed E-state index contributed by atoms with van der Waals surface area (Å²) in [6.07, 6.45) is 4.45. The first-order valence-corrected chi connectivity index (χ1v) is 7.26. The van der Waals surface area contributed by atoms with Gasteiger partial charge in [0, 0.05) is 31.8 Å². The van der Waals surface area contributed by atoms with Crippen LogP contribution in [0.5, 0.6) is 0 Å². The van der Waals surface area contributed by atoms with Crippen molar-refractivity contribution in [3.63, 3.8) is 0 Å². The van der Waals surface area contributed by atoms with Crippen LogP contribution >= 0.6 is 15.9 Å². The van der Waals surface area contributed by atoms with E-state index < -0.39 is 6.10 Å². The monoisotopic (exact) mass is 326 g/mol. The number of aryl methyl sites for hydroxylation is 3. The molecular formula is C13H19BrN4O. The van der Waals surface area contributed by atoms with Crippen LogP contribution in [0.4, 0.5) is 0 Å². The normalized spacial score (nSPS) is 12.9. The molecule has 0 amide bonds. The van der Waals surface area contributed by atoms with Gasteiger partial charge in [-0.2, -0.15) is 10.2 Å². The minimum absolute atomic E-state index is 0.527. The summed E-state index contributed by atoms with van der Waals surface area (Å²) in [4.78, 5) is 0. The van der Waals surface area contributed by atoms with Gasteiger partial charge in [0.1, 0.15) is 0 Å². The predicted molar refractivity (Wildman–Crippen MR) is 76.9 cm³/mol. The molecule has 0 aliphatic carbocycles. The molecule has 1 unspecified atom stereocenters. The number of hydrogen-bond acceptors (Lipinski definition) is 3. The van der Waals surface area contributed by atoms with Crippen LogP contribution in [0.25, 0.3) is 0 Å². The third-order valence-electron chi connectivity index (χ3n) is 3.25. The fourth-order valence-electron chi connectivity index (χ4n) is 2.07. The molecule has 0 fully saturated rings. The minimum Gasteiger partial charge on any atom is -0.388 e. The summed E-state index contributed by atoms with van der Waals surface area (Å²) in [5.41, 5.74) is 2.87. The van der Waals surface area contributed by atoms with Crippen molar-refractivity contribution in [3.05, 3.63) is 33.8 Å². The van der Waals surface area contributed by atoms with Gasteiger partial charge in [-0.15, -0.1) is 0 Å². The van der Waals surface area contributed by atoms with Gasteiger partial charge in [0.2, 0.25) is 0 Å². The van der Waals surface area contributed by atoms with Crippen molar-refractivity contribution >= 4 is 15.9 Å². The molecule has 19 heavy (non-hydrogen) atoms. The van der Waals surface area contributed by atoms with Crippen LogP contribution in [0.15, 0.2) is 16.9 Å². The Morgan fingerprint density at radius 3 is 2.68 bits per heavy atom. The molecule has 0 aromatic carbocycles. The maximum Gasteiger partial charge on any atom is 0.0876 e. The van der Waals surface area contributed by atoms with Gasteiger partial charge in [-0.25, -0.2) is 0 Å². The maximum atomic E-state index is 10.3. The van der Waals surface area contributed by atoms with Crippen LogP contribution in [-0.4, -0.2) is 24.7 Å². The summed E-state index contributed by atoms with van der Waals surface area (Å²) in [5.74, 6) is 0. The van der Waals surface area contributed by atoms with Gasteiger partial charge >= 0.3 is 0 Å². The number of rotatable bonds is 5. The highest BCUT2D eigenvalue weighted by molar-refractivity contribution is 9.10. The zero-order valence-electron chi connectivity index (χ0n) is 11.5. The second kappa shape index (κ2) is 5.88. The maximum absolute atomic E-state index is 10.3. The lowest BCUT2D eigenvalue weighted by Crippen LogP contribution is -2.06. The van der Waals surface area contributed by atoms with E-state index in [1.807, 2.05) is 29.5 Å². The number of aliphatic hydroxyl groups excluding tert-OH is 1. The summed E-state index contributed by atoms with van der Waals surface area (Å²) in [5, 5.41) is 18.9. The molecule has 104 valence electrons. The molecule has 1 N–H and O–H groups in total. The molecule has 5 nitrogen and oxygen atoms in total. The van der Waals surface area contributed by atoms with Crippen LogP contribution in [0.3, 0.4) is 0 Å². The van der Waals surface area contributed by atoms with Crippen molar-refractivity contribution in [2.75, 3.05) is 0 Å². The van der Waals surface area contributed by atoms with Gasteiger partial charge in [0.05, 0.1) is 28.2 Å². The Morgan fingerprint density at radius 2 is 2.16 bits per heavy atom. The van der Waals surface area contributed by atoms with Crippen molar-refractivity contribution in [2.45, 2.75) is 39.3 Å². The van der Waals surface area contributed by atoms with E-state index in [1.165, 1.54) is 0 Å². The van der Waals surface area contributed by atoms with E-state index in [4.69, 9.17) is 0 Å². The third kappa shape index (κ3) is 2.90. The third-order valence-corrected chi connectivity index (χ3v) is 4.17. The molecule has 0 spiro atoms. The lowest BCUT2D eigenvalue weighted by Gasteiger charge is -2.09. The highest BCUT2D eigenvalue weighted by Crippen LogP contribution is 2.26. The zero-order chi connectivity index (χ0) is 14.0. The predicted octanol–water partition coefficient (Wildman–Crippen LogP) is 2.24. The molecule has 1 atom stereocenters. The van der Waals surface area contributed by atoms with E-state index >= 15 is 0 Å². The van der Waals surface area contributed by atoms with Crippen molar-refractivity contribution in [3.8, 4) is 0 Å². The van der Waals surface area contributed by atoms with E-state index in [0.717, 1.165) is 34.4 Å². The molecule has 0 aliphatic rings. The topological polar surface area (TPSA) is 55.9 Å². The van der Waals surface area contributed by atoms with E-state index in [2.05, 4.69) is 33.1 Å². The summed E-state index contributed by atoms with van der Waals surface area (Å²) in [6, 6.07) is 0. The van der Waals surface area contributed by atoms with E-state index in [-0.39, 0.29) is 0 Å². The average molecular weight is 327 g/mol. The Labute approximate surface area is 121 Å². The van der Waals surface area contributed by atoms with Gasteiger partial charge in [0.25, 0.3) is 0 Å². The molecule has 0 radical (unpaired) electrons. The number of nitrogens with zero attached hydrogens (tertiary/aromatic N) is 4. The molecule has 6 heteroatoms. The molecule has 0 saturated carbocycles. The summed E-state index contributed by atoms with van der Waals surface area (Å²) >= 11 is 3.57. The fourth-order valence-corrected chi connectivity index (χ4v) is 2.85. The SMILES string of the molecule is CCc1nn(C)c(CC(O)c2cnn(CC)c2)c1Br. The number of aromatic nitrogens is 4. The molecule has 2 aromatic heterocycles. The van der Waals surface area contributed by atoms with Crippen molar-refractivity contribution in [1.82, 2.24) is 19.6 Å². The van der Waals surface area contributed by atoms with E-state index in [9.17, 15) is 5.11 Å². The lowest BCUT2D eigenvalue weighted by molar-refractivity contribution is 0.175. The van der Waals surface area contributed by atoms with Gasteiger partial charge < -0.3 is 5.11 Å². The van der Waals surface area contributed by atoms with Crippen LogP contribution in [0, 0.1) is 0 Å². The van der Waals surface area contributed by atoms with Crippen LogP contribution < -0.4 is 0 Å². The number of halogens is 1. The van der Waals surface area contributed by atoms with Crippen LogP contribution in [0.1, 0.15) is 36.9 Å². The van der Waals surface area contributed by atoms with Crippen molar-refractivity contribution < 1.29 is 5.11 Å². The molecule has 0 aliphatic heterocycles. The quantitative estimate of drug-likeness (QED) is 0.916. The van der Waals surface area contributed by atoms with Crippen molar-refractivity contribution in [2.24, 2.45) is 7.05 Å². The fraction of sp³-hybridized carbons (Fsp3) is 0.538. The molecule has 2 rings (SSSR count). The van der Waals surface area contributed by atoms with E-state index in [1.54, 1.807) is 6.20 Å². The highest BCUT2D eigenvalue weighted by atomic mass is 79.9. The van der Waals surface area contributed by atoms with Crippen LogP contribution in [0.2, 0.25) is 0 Å². The van der Waals surface area contributed by atoms with Gasteiger partial charge in [-0.1, -0.05) is 6.92 Å². The number of aliphatic hydroxyl groups is 1. The Bertz CT molecular complexity index is 561. The first kappa shape index (κ1) is 14.3. The molecular weight excluding hydrogens is 308 g/mol. The molecule has 0 saturated heterocycles. The standard InChI is InChI=1S/C13H19BrN4O/c1-4-10-13(14)11(17(3)16-10)6-12(19)9-7-15-18(5-2)8-9/h7-8,12,19H,4-6H2,1-3H3. The zero-order valence-corrected chi connectivity index (χ0v) is 13.1. The molecule has 2 heterocycles. The average Bonchev–Trinajstić information content (AvgIpc) is 2.98. The first-order valence-electron chi connectivity index (χ1n) is 6.47. The minimum atomic E-state index is -0.559. The first-order chi connectivity index (χ1) is 9.06. The van der Waals surface area contributed by atoms with Crippen LogP contribution in [-0.2, 0) is 26.4 Å². The summed E-state index contributed by atoms with van der Waals surface area (Å²) in [7, 11) is 1.90.